The number of nitro groups is 1. The van der Waals surface area contributed by atoms with Crippen molar-refractivity contribution in [3.63, 3.8) is 0 Å². The predicted octanol–water partition coefficient (Wildman–Crippen LogP) is 4.25. The summed E-state index contributed by atoms with van der Waals surface area (Å²) in [6, 6.07) is 12.1. The molecule has 0 bridgehead atoms. The van der Waals surface area contributed by atoms with Crippen LogP contribution >= 0.6 is 0 Å². The summed E-state index contributed by atoms with van der Waals surface area (Å²) in [6.45, 7) is 2.76. The highest BCUT2D eigenvalue weighted by molar-refractivity contribution is 5.65. The fourth-order valence-corrected chi connectivity index (χ4v) is 3.27. The van der Waals surface area contributed by atoms with E-state index in [1.54, 1.807) is 0 Å². The van der Waals surface area contributed by atoms with Crippen molar-refractivity contribution < 1.29 is 9.31 Å². The molecule has 2 aromatic carbocycles. The Bertz CT molecular complexity index is 718. The van der Waals surface area contributed by atoms with E-state index < -0.39 is 10.7 Å². The van der Waals surface area contributed by atoms with Crippen LogP contribution in [0.25, 0.3) is 0 Å². The minimum atomic E-state index is -0.582. The fourth-order valence-electron chi connectivity index (χ4n) is 3.27. The van der Waals surface area contributed by atoms with Gasteiger partial charge in [-0.2, -0.15) is 0 Å². The molecule has 4 nitrogen and oxygen atoms in total. The lowest BCUT2D eigenvalue weighted by atomic mass is 9.90. The van der Waals surface area contributed by atoms with Crippen molar-refractivity contribution in [3.8, 4) is 0 Å². The molecule has 0 spiro atoms. The van der Waals surface area contributed by atoms with E-state index >= 15 is 0 Å². The molecule has 0 saturated carbocycles. The van der Waals surface area contributed by atoms with Gasteiger partial charge in [0.15, 0.2) is 0 Å². The molecular weight excluding hydrogens is 283 g/mol. The number of anilines is 1. The van der Waals surface area contributed by atoms with Crippen LogP contribution in [0.3, 0.4) is 0 Å². The summed E-state index contributed by atoms with van der Waals surface area (Å²) in [5.41, 5.74) is 2.82. The zero-order valence-corrected chi connectivity index (χ0v) is 12.3. The van der Waals surface area contributed by atoms with Crippen LogP contribution < -0.4 is 4.90 Å². The van der Waals surface area contributed by atoms with Gasteiger partial charge in [0.05, 0.1) is 17.0 Å². The minimum absolute atomic E-state index is 0.0779. The van der Waals surface area contributed by atoms with Crippen LogP contribution in [-0.4, -0.2) is 11.5 Å². The molecule has 0 N–H and O–H groups in total. The molecule has 1 unspecified atom stereocenters. The fraction of sp³-hybridized carbons (Fsp3) is 0.294. The van der Waals surface area contributed by atoms with Gasteiger partial charge in [-0.3, -0.25) is 10.1 Å². The van der Waals surface area contributed by atoms with Crippen molar-refractivity contribution in [1.29, 1.82) is 0 Å². The van der Waals surface area contributed by atoms with Crippen molar-refractivity contribution in [2.75, 3.05) is 11.4 Å². The maximum Gasteiger partial charge on any atom is 0.295 e. The Balaban J connectivity index is 2.08. The van der Waals surface area contributed by atoms with Crippen LogP contribution in [0.4, 0.5) is 15.8 Å². The first kappa shape index (κ1) is 14.5. The number of hydrogen-bond acceptors (Lipinski definition) is 3. The van der Waals surface area contributed by atoms with Crippen molar-refractivity contribution >= 4 is 11.4 Å². The molecule has 1 atom stereocenters. The smallest absolute Gasteiger partial charge is 0.295 e. The second kappa shape index (κ2) is 5.75. The molecule has 22 heavy (non-hydrogen) atoms. The monoisotopic (exact) mass is 300 g/mol. The van der Waals surface area contributed by atoms with Gasteiger partial charge in [0, 0.05) is 6.54 Å². The van der Waals surface area contributed by atoms with Gasteiger partial charge >= 0.3 is 0 Å². The van der Waals surface area contributed by atoms with Gasteiger partial charge in [0.1, 0.15) is 11.5 Å². The van der Waals surface area contributed by atoms with Crippen LogP contribution in [0.5, 0.6) is 0 Å². The summed E-state index contributed by atoms with van der Waals surface area (Å²) in [7, 11) is 0. The third-order valence-electron chi connectivity index (χ3n) is 4.24. The molecule has 2 aromatic rings. The van der Waals surface area contributed by atoms with E-state index in [-0.39, 0.29) is 11.7 Å². The highest BCUT2D eigenvalue weighted by Crippen LogP contribution is 2.39. The van der Waals surface area contributed by atoms with Crippen molar-refractivity contribution in [3.05, 3.63) is 69.5 Å². The maximum atomic E-state index is 13.4. The van der Waals surface area contributed by atoms with Gasteiger partial charge in [-0.15, -0.1) is 0 Å². The number of nitro benzene ring substituents is 1. The second-order valence-electron chi connectivity index (χ2n) is 5.46. The molecule has 0 aromatic heterocycles. The number of halogens is 1. The molecule has 5 heteroatoms. The van der Waals surface area contributed by atoms with Gasteiger partial charge in [-0.25, -0.2) is 4.39 Å². The third-order valence-corrected chi connectivity index (χ3v) is 4.24. The van der Waals surface area contributed by atoms with E-state index in [9.17, 15) is 14.5 Å². The quantitative estimate of drug-likeness (QED) is 0.629. The average molecular weight is 300 g/mol. The Labute approximate surface area is 128 Å². The number of nitrogens with zero attached hydrogens (tertiary/aromatic N) is 2. The van der Waals surface area contributed by atoms with E-state index in [1.807, 2.05) is 17.0 Å². The molecule has 0 saturated heterocycles. The first-order chi connectivity index (χ1) is 10.6. The summed E-state index contributed by atoms with van der Waals surface area (Å²) in [6.07, 6.45) is 1.67. The zero-order chi connectivity index (χ0) is 15.7. The van der Waals surface area contributed by atoms with Crippen LogP contribution in [-0.2, 0) is 6.42 Å². The predicted molar refractivity (Wildman–Crippen MR) is 83.6 cm³/mol. The lowest BCUT2D eigenvalue weighted by Crippen LogP contribution is -2.35. The molecule has 0 amide bonds. The zero-order valence-electron chi connectivity index (χ0n) is 12.3. The number of benzene rings is 2. The largest absolute Gasteiger partial charge is 0.359 e. The summed E-state index contributed by atoms with van der Waals surface area (Å²) < 4.78 is 13.4. The standard InChI is InChI=1S/C17H17FN2O2/c1-2-15-14-6-4-3-5-12(14)9-10-19(15)16-8-7-13(18)11-17(16)20(21)22/h3-8,11,15H,2,9-10H2,1H3. The minimum Gasteiger partial charge on any atom is -0.359 e. The SMILES string of the molecule is CCC1c2ccccc2CCN1c1ccc(F)cc1[N+](=O)[O-]. The van der Waals surface area contributed by atoms with E-state index in [4.69, 9.17) is 0 Å². The summed E-state index contributed by atoms with van der Waals surface area (Å²) in [5.74, 6) is -0.582. The summed E-state index contributed by atoms with van der Waals surface area (Å²) in [4.78, 5) is 12.8. The summed E-state index contributed by atoms with van der Waals surface area (Å²) >= 11 is 0. The van der Waals surface area contributed by atoms with Crippen LogP contribution in [0, 0.1) is 15.9 Å². The Morgan fingerprint density at radius 2 is 2.09 bits per heavy atom. The van der Waals surface area contributed by atoms with Gasteiger partial charge in [0.2, 0.25) is 0 Å². The molecular formula is C17H17FN2O2. The van der Waals surface area contributed by atoms with Gasteiger partial charge in [0.25, 0.3) is 5.69 Å². The number of fused-ring (bicyclic) bond motifs is 1. The Hall–Kier alpha value is -2.43. The first-order valence-corrected chi connectivity index (χ1v) is 7.40. The van der Waals surface area contributed by atoms with E-state index in [0.29, 0.717) is 12.2 Å². The van der Waals surface area contributed by atoms with Gasteiger partial charge < -0.3 is 4.90 Å². The van der Waals surface area contributed by atoms with Crippen LogP contribution in [0.2, 0.25) is 0 Å². The Morgan fingerprint density at radius 1 is 1.32 bits per heavy atom. The van der Waals surface area contributed by atoms with Crippen LogP contribution in [0.15, 0.2) is 42.5 Å². The normalized spacial score (nSPS) is 17.2. The van der Waals surface area contributed by atoms with E-state index in [0.717, 1.165) is 18.9 Å². The van der Waals surface area contributed by atoms with Gasteiger partial charge in [-0.1, -0.05) is 31.2 Å². The summed E-state index contributed by atoms with van der Waals surface area (Å²) in [5, 5.41) is 11.3. The number of rotatable bonds is 3. The molecule has 1 aliphatic rings. The molecule has 0 fully saturated rings. The van der Waals surface area contributed by atoms with E-state index in [2.05, 4.69) is 19.1 Å². The molecule has 1 aliphatic heterocycles. The number of hydrogen-bond donors (Lipinski definition) is 0. The van der Waals surface area contributed by atoms with Gasteiger partial charge in [-0.05, 0) is 36.1 Å². The molecule has 114 valence electrons. The molecule has 3 rings (SSSR count). The first-order valence-electron chi connectivity index (χ1n) is 7.40. The second-order valence-corrected chi connectivity index (χ2v) is 5.46. The van der Waals surface area contributed by atoms with Crippen molar-refractivity contribution in [2.24, 2.45) is 0 Å². The molecule has 1 heterocycles. The average Bonchev–Trinajstić information content (AvgIpc) is 2.53. The topological polar surface area (TPSA) is 46.4 Å². The van der Waals surface area contributed by atoms with Crippen molar-refractivity contribution in [2.45, 2.75) is 25.8 Å². The van der Waals surface area contributed by atoms with Crippen LogP contribution in [0.1, 0.15) is 30.5 Å². The lowest BCUT2D eigenvalue weighted by Gasteiger charge is -2.38. The highest BCUT2D eigenvalue weighted by Gasteiger charge is 2.30. The third kappa shape index (κ3) is 2.43. The lowest BCUT2D eigenvalue weighted by molar-refractivity contribution is -0.384. The Morgan fingerprint density at radius 3 is 2.82 bits per heavy atom. The van der Waals surface area contributed by atoms with E-state index in [1.165, 1.54) is 23.3 Å². The van der Waals surface area contributed by atoms with Crippen molar-refractivity contribution in [1.82, 2.24) is 0 Å². The highest BCUT2D eigenvalue weighted by atomic mass is 19.1. The maximum absolute atomic E-state index is 13.4. The molecule has 0 radical (unpaired) electrons. The Kier molecular flexibility index (Phi) is 3.79. The molecule has 0 aliphatic carbocycles.